The van der Waals surface area contributed by atoms with Gasteiger partial charge in [0.1, 0.15) is 11.3 Å². The van der Waals surface area contributed by atoms with Gasteiger partial charge in [0.15, 0.2) is 6.61 Å². The van der Waals surface area contributed by atoms with Crippen LogP contribution in [-0.2, 0) is 9.53 Å². The van der Waals surface area contributed by atoms with Gasteiger partial charge in [0, 0.05) is 11.1 Å². The van der Waals surface area contributed by atoms with E-state index in [1.54, 1.807) is 0 Å². The lowest BCUT2D eigenvalue weighted by Gasteiger charge is -2.14. The fraction of sp³-hybridized carbons (Fsp3) is 0.429. The van der Waals surface area contributed by atoms with E-state index in [4.69, 9.17) is 16.3 Å². The van der Waals surface area contributed by atoms with Crippen LogP contribution in [0.1, 0.15) is 37.0 Å². The highest BCUT2D eigenvalue weighted by atomic mass is 35.5. The average Bonchev–Trinajstić information content (AvgIpc) is 2.44. The van der Waals surface area contributed by atoms with Crippen LogP contribution in [0.2, 0.25) is 5.02 Å². The van der Waals surface area contributed by atoms with E-state index < -0.39 is 5.97 Å². The molecule has 0 bridgehead atoms. The summed E-state index contributed by atoms with van der Waals surface area (Å²) in [5.41, 5.74) is -0.0622. The number of esters is 1. The molecule has 0 fully saturated rings. The minimum Gasteiger partial charge on any atom is -0.507 e. The summed E-state index contributed by atoms with van der Waals surface area (Å²) in [5.74, 6) is -1.39. The van der Waals surface area contributed by atoms with Gasteiger partial charge in [0.2, 0.25) is 0 Å². The highest BCUT2D eigenvalue weighted by Gasteiger charge is 2.16. The number of halogens is 1. The quantitative estimate of drug-likeness (QED) is 0.791. The smallest absolute Gasteiger partial charge is 0.342 e. The van der Waals surface area contributed by atoms with Gasteiger partial charge in [-0.3, -0.25) is 4.79 Å². The standard InChI is InChI=1S/C14H18ClNO4/c1-3-10(4-2)16-13(18)8-20-14(19)11-7-9(15)5-6-12(11)17/h5-7,10,17H,3-4,8H2,1-2H3,(H,16,18). The Morgan fingerprint density at radius 1 is 1.35 bits per heavy atom. The highest BCUT2D eigenvalue weighted by Crippen LogP contribution is 2.22. The first-order chi connectivity index (χ1) is 9.47. The first-order valence-corrected chi connectivity index (χ1v) is 6.80. The number of phenolic OH excluding ortho intramolecular Hbond substituents is 1. The third-order valence-corrected chi connectivity index (χ3v) is 3.10. The Morgan fingerprint density at radius 3 is 2.60 bits per heavy atom. The van der Waals surface area contributed by atoms with Crippen molar-refractivity contribution in [3.8, 4) is 5.75 Å². The first kappa shape index (κ1) is 16.3. The van der Waals surface area contributed by atoms with Crippen molar-refractivity contribution >= 4 is 23.5 Å². The predicted octanol–water partition coefficient (Wildman–Crippen LogP) is 2.51. The second kappa shape index (κ2) is 7.75. The third-order valence-electron chi connectivity index (χ3n) is 2.86. The monoisotopic (exact) mass is 299 g/mol. The van der Waals surface area contributed by atoms with Crippen molar-refractivity contribution in [3.63, 3.8) is 0 Å². The topological polar surface area (TPSA) is 75.6 Å². The van der Waals surface area contributed by atoms with Gasteiger partial charge >= 0.3 is 5.97 Å². The van der Waals surface area contributed by atoms with E-state index in [2.05, 4.69) is 5.32 Å². The summed E-state index contributed by atoms with van der Waals surface area (Å²) in [5, 5.41) is 12.6. The van der Waals surface area contributed by atoms with Crippen LogP contribution in [0.25, 0.3) is 0 Å². The van der Waals surface area contributed by atoms with Crippen LogP contribution in [0.3, 0.4) is 0 Å². The SMILES string of the molecule is CCC(CC)NC(=O)COC(=O)c1cc(Cl)ccc1O. The summed E-state index contributed by atoms with van der Waals surface area (Å²) in [6.45, 7) is 3.54. The number of hydrogen-bond acceptors (Lipinski definition) is 4. The molecule has 0 unspecified atom stereocenters. The second-order valence-electron chi connectivity index (χ2n) is 4.32. The summed E-state index contributed by atoms with van der Waals surface area (Å²) in [4.78, 5) is 23.3. The predicted molar refractivity (Wildman–Crippen MR) is 75.9 cm³/mol. The van der Waals surface area contributed by atoms with Crippen LogP contribution >= 0.6 is 11.6 Å². The number of rotatable bonds is 6. The van der Waals surface area contributed by atoms with Gasteiger partial charge in [0.25, 0.3) is 5.91 Å². The molecule has 0 spiro atoms. The largest absolute Gasteiger partial charge is 0.507 e. The zero-order chi connectivity index (χ0) is 15.1. The number of benzene rings is 1. The zero-order valence-electron chi connectivity index (χ0n) is 11.5. The Labute approximate surface area is 122 Å². The Kier molecular flexibility index (Phi) is 6.31. The van der Waals surface area contributed by atoms with E-state index in [0.717, 1.165) is 12.8 Å². The Morgan fingerprint density at radius 2 is 2.00 bits per heavy atom. The molecule has 1 rings (SSSR count). The van der Waals surface area contributed by atoms with Crippen molar-refractivity contribution in [1.29, 1.82) is 0 Å². The maximum absolute atomic E-state index is 11.7. The molecule has 0 aromatic heterocycles. The van der Waals surface area contributed by atoms with E-state index in [-0.39, 0.29) is 29.9 Å². The van der Waals surface area contributed by atoms with Crippen molar-refractivity contribution in [2.24, 2.45) is 0 Å². The first-order valence-electron chi connectivity index (χ1n) is 6.42. The molecule has 0 heterocycles. The molecule has 0 saturated heterocycles. The van der Waals surface area contributed by atoms with Gasteiger partial charge in [-0.2, -0.15) is 0 Å². The number of phenols is 1. The zero-order valence-corrected chi connectivity index (χ0v) is 12.2. The fourth-order valence-corrected chi connectivity index (χ4v) is 1.81. The van der Waals surface area contributed by atoms with E-state index in [9.17, 15) is 14.7 Å². The van der Waals surface area contributed by atoms with E-state index in [0.29, 0.717) is 5.02 Å². The minimum atomic E-state index is -0.787. The molecule has 5 nitrogen and oxygen atoms in total. The second-order valence-corrected chi connectivity index (χ2v) is 4.75. The van der Waals surface area contributed by atoms with Crippen molar-refractivity contribution in [1.82, 2.24) is 5.32 Å². The molecule has 20 heavy (non-hydrogen) atoms. The summed E-state index contributed by atoms with van der Waals surface area (Å²) in [6, 6.07) is 4.11. The van der Waals surface area contributed by atoms with Crippen molar-refractivity contribution in [2.45, 2.75) is 32.7 Å². The van der Waals surface area contributed by atoms with Gasteiger partial charge in [-0.05, 0) is 31.0 Å². The number of ether oxygens (including phenoxy) is 1. The van der Waals surface area contributed by atoms with Crippen LogP contribution in [-0.4, -0.2) is 29.6 Å². The maximum Gasteiger partial charge on any atom is 0.342 e. The summed E-state index contributed by atoms with van der Waals surface area (Å²) < 4.78 is 4.85. The molecule has 110 valence electrons. The number of hydrogen-bond donors (Lipinski definition) is 2. The molecule has 1 aromatic rings. The number of aromatic hydroxyl groups is 1. The van der Waals surface area contributed by atoms with Crippen molar-refractivity contribution < 1.29 is 19.4 Å². The van der Waals surface area contributed by atoms with Crippen molar-refractivity contribution in [2.75, 3.05) is 6.61 Å². The molecule has 1 amide bonds. The van der Waals surface area contributed by atoms with E-state index in [1.165, 1.54) is 18.2 Å². The lowest BCUT2D eigenvalue weighted by molar-refractivity contribution is -0.125. The molecule has 2 N–H and O–H groups in total. The van der Waals surface area contributed by atoms with E-state index in [1.807, 2.05) is 13.8 Å². The normalized spacial score (nSPS) is 10.4. The molecular formula is C14H18ClNO4. The number of nitrogens with one attached hydrogen (secondary N) is 1. The maximum atomic E-state index is 11.7. The molecule has 0 aliphatic heterocycles. The molecule has 0 radical (unpaired) electrons. The van der Waals surface area contributed by atoms with Gasteiger partial charge in [0.05, 0.1) is 0 Å². The van der Waals surface area contributed by atoms with Gasteiger partial charge in [-0.15, -0.1) is 0 Å². The molecule has 0 aliphatic rings. The molecule has 0 saturated carbocycles. The van der Waals surface area contributed by atoms with Crippen LogP contribution in [0.5, 0.6) is 5.75 Å². The van der Waals surface area contributed by atoms with E-state index >= 15 is 0 Å². The summed E-state index contributed by atoms with van der Waals surface area (Å²) in [6.07, 6.45) is 1.62. The summed E-state index contributed by atoms with van der Waals surface area (Å²) in [7, 11) is 0. The number of amides is 1. The Hall–Kier alpha value is -1.75. The Balaban J connectivity index is 2.55. The van der Waals surface area contributed by atoms with Crippen LogP contribution in [0, 0.1) is 0 Å². The fourth-order valence-electron chi connectivity index (χ4n) is 1.64. The lowest BCUT2D eigenvalue weighted by Crippen LogP contribution is -2.36. The molecule has 0 atom stereocenters. The lowest BCUT2D eigenvalue weighted by atomic mass is 10.2. The Bertz CT molecular complexity index is 486. The summed E-state index contributed by atoms with van der Waals surface area (Å²) >= 11 is 5.73. The molecular weight excluding hydrogens is 282 g/mol. The van der Waals surface area contributed by atoms with Gasteiger partial charge in [-0.1, -0.05) is 25.4 Å². The van der Waals surface area contributed by atoms with Crippen LogP contribution < -0.4 is 5.32 Å². The van der Waals surface area contributed by atoms with Crippen molar-refractivity contribution in [3.05, 3.63) is 28.8 Å². The van der Waals surface area contributed by atoms with Gasteiger partial charge in [-0.25, -0.2) is 4.79 Å². The molecule has 1 aromatic carbocycles. The molecule has 0 aliphatic carbocycles. The highest BCUT2D eigenvalue weighted by molar-refractivity contribution is 6.31. The number of carbonyl (C=O) groups is 2. The van der Waals surface area contributed by atoms with Crippen LogP contribution in [0.4, 0.5) is 0 Å². The molecule has 6 heteroatoms. The third kappa shape index (κ3) is 4.74. The average molecular weight is 300 g/mol. The number of carbonyl (C=O) groups excluding carboxylic acids is 2. The minimum absolute atomic E-state index is 0.0622. The van der Waals surface area contributed by atoms with Crippen LogP contribution in [0.15, 0.2) is 18.2 Å². The van der Waals surface area contributed by atoms with Gasteiger partial charge < -0.3 is 15.2 Å².